The van der Waals surface area contributed by atoms with E-state index in [-0.39, 0.29) is 28.9 Å². The SMILES string of the molecule is CC1(C)CC(NC(=O)CCl)CC(C)(C)N1O. The van der Waals surface area contributed by atoms with Crippen LogP contribution < -0.4 is 5.32 Å². The number of hydrogen-bond donors (Lipinski definition) is 2. The minimum absolute atomic E-state index is 0.0137. The Morgan fingerprint density at radius 3 is 2.19 bits per heavy atom. The Morgan fingerprint density at radius 1 is 1.38 bits per heavy atom. The molecule has 4 nitrogen and oxygen atoms in total. The number of hydrogen-bond acceptors (Lipinski definition) is 3. The van der Waals surface area contributed by atoms with Crippen molar-refractivity contribution in [3.05, 3.63) is 0 Å². The first-order chi connectivity index (χ1) is 7.19. The van der Waals surface area contributed by atoms with Crippen molar-refractivity contribution in [2.45, 2.75) is 57.7 Å². The Labute approximate surface area is 102 Å². The highest BCUT2D eigenvalue weighted by Gasteiger charge is 2.45. The maximum absolute atomic E-state index is 11.3. The molecule has 0 unspecified atom stereocenters. The van der Waals surface area contributed by atoms with E-state index >= 15 is 0 Å². The summed E-state index contributed by atoms with van der Waals surface area (Å²) in [4.78, 5) is 11.3. The van der Waals surface area contributed by atoms with Crippen LogP contribution in [0.15, 0.2) is 0 Å². The average molecular weight is 249 g/mol. The standard InChI is InChI=1S/C11H21ClN2O2/c1-10(2)5-8(13-9(15)7-12)6-11(3,4)14(10)16/h8,16H,5-7H2,1-4H3,(H,13,15). The molecule has 1 heterocycles. The summed E-state index contributed by atoms with van der Waals surface area (Å²) in [6.07, 6.45) is 1.44. The van der Waals surface area contributed by atoms with Crippen molar-refractivity contribution in [3.8, 4) is 0 Å². The summed E-state index contributed by atoms with van der Waals surface area (Å²) in [5.74, 6) is -0.162. The minimum Gasteiger partial charge on any atom is -0.352 e. The van der Waals surface area contributed by atoms with E-state index in [1.54, 1.807) is 0 Å². The highest BCUT2D eigenvalue weighted by molar-refractivity contribution is 6.27. The largest absolute Gasteiger partial charge is 0.352 e. The normalized spacial score (nSPS) is 25.4. The van der Waals surface area contributed by atoms with Gasteiger partial charge < -0.3 is 10.5 Å². The number of piperidine rings is 1. The van der Waals surface area contributed by atoms with Gasteiger partial charge in [-0.2, -0.15) is 5.06 Å². The van der Waals surface area contributed by atoms with Gasteiger partial charge in [-0.05, 0) is 40.5 Å². The van der Waals surface area contributed by atoms with Crippen molar-refractivity contribution in [1.29, 1.82) is 0 Å². The molecule has 1 saturated heterocycles. The molecule has 1 rings (SSSR count). The van der Waals surface area contributed by atoms with Gasteiger partial charge in [-0.3, -0.25) is 4.79 Å². The number of carbonyl (C=O) groups excluding carboxylic acids is 1. The predicted octanol–water partition coefficient (Wildman–Crippen LogP) is 1.75. The molecule has 0 aromatic heterocycles. The van der Waals surface area contributed by atoms with E-state index in [9.17, 15) is 10.0 Å². The molecule has 1 aliphatic heterocycles. The number of rotatable bonds is 2. The van der Waals surface area contributed by atoms with Crippen molar-refractivity contribution >= 4 is 17.5 Å². The summed E-state index contributed by atoms with van der Waals surface area (Å²) in [6.45, 7) is 7.86. The van der Waals surface area contributed by atoms with Crippen molar-refractivity contribution in [1.82, 2.24) is 10.4 Å². The first-order valence-corrected chi connectivity index (χ1v) is 6.07. The van der Waals surface area contributed by atoms with Crippen molar-refractivity contribution in [2.75, 3.05) is 5.88 Å². The van der Waals surface area contributed by atoms with E-state index in [4.69, 9.17) is 11.6 Å². The van der Waals surface area contributed by atoms with Gasteiger partial charge in [0.25, 0.3) is 0 Å². The molecule has 0 atom stereocenters. The maximum atomic E-state index is 11.3. The molecule has 1 amide bonds. The summed E-state index contributed by atoms with van der Waals surface area (Å²) in [5.41, 5.74) is -0.683. The van der Waals surface area contributed by atoms with E-state index in [1.807, 2.05) is 27.7 Å². The van der Waals surface area contributed by atoms with Crippen LogP contribution in [0.5, 0.6) is 0 Å². The number of hydroxylamine groups is 2. The third-order valence-corrected chi connectivity index (χ3v) is 3.37. The van der Waals surface area contributed by atoms with Crippen LogP contribution in [-0.4, -0.2) is 39.2 Å². The molecule has 2 N–H and O–H groups in total. The second-order valence-corrected chi connectivity index (χ2v) is 6.01. The Kier molecular flexibility index (Phi) is 3.87. The molecule has 0 aromatic rings. The quantitative estimate of drug-likeness (QED) is 0.732. The third kappa shape index (κ3) is 2.87. The first kappa shape index (κ1) is 13.7. The Morgan fingerprint density at radius 2 is 1.81 bits per heavy atom. The van der Waals surface area contributed by atoms with E-state index in [1.165, 1.54) is 5.06 Å². The predicted molar refractivity (Wildman–Crippen MR) is 63.7 cm³/mol. The first-order valence-electron chi connectivity index (χ1n) is 5.53. The smallest absolute Gasteiger partial charge is 0.235 e. The van der Waals surface area contributed by atoms with Gasteiger partial charge >= 0.3 is 0 Å². The molecule has 94 valence electrons. The second-order valence-electron chi connectivity index (χ2n) is 5.74. The lowest BCUT2D eigenvalue weighted by Crippen LogP contribution is -2.63. The monoisotopic (exact) mass is 248 g/mol. The fourth-order valence-corrected chi connectivity index (χ4v) is 2.72. The number of carbonyl (C=O) groups is 1. The average Bonchev–Trinajstić information content (AvgIpc) is 2.13. The summed E-state index contributed by atoms with van der Waals surface area (Å²) in [7, 11) is 0. The molecule has 0 bridgehead atoms. The Balaban J connectivity index is 2.75. The molecule has 0 saturated carbocycles. The lowest BCUT2D eigenvalue weighted by atomic mass is 9.79. The van der Waals surface area contributed by atoms with E-state index in [0.717, 1.165) is 12.8 Å². The molecular weight excluding hydrogens is 228 g/mol. The highest BCUT2D eigenvalue weighted by atomic mass is 35.5. The summed E-state index contributed by atoms with van der Waals surface area (Å²) in [5, 5.41) is 14.4. The van der Waals surface area contributed by atoms with Gasteiger partial charge in [0.1, 0.15) is 5.88 Å². The summed E-state index contributed by atoms with van der Waals surface area (Å²) in [6, 6.07) is 0.0691. The van der Waals surface area contributed by atoms with Gasteiger partial charge in [0.05, 0.1) is 0 Å². The Bertz CT molecular complexity index is 261. The molecule has 1 fully saturated rings. The molecular formula is C11H21ClN2O2. The number of amides is 1. The molecule has 1 aliphatic rings. The minimum atomic E-state index is -0.341. The van der Waals surface area contributed by atoms with E-state index in [2.05, 4.69) is 5.32 Å². The fraction of sp³-hybridized carbons (Fsp3) is 0.909. The lowest BCUT2D eigenvalue weighted by molar-refractivity contribution is -0.246. The van der Waals surface area contributed by atoms with Gasteiger partial charge in [-0.25, -0.2) is 0 Å². The van der Waals surface area contributed by atoms with E-state index in [0.29, 0.717) is 0 Å². The van der Waals surface area contributed by atoms with Crippen molar-refractivity contribution in [3.63, 3.8) is 0 Å². The number of alkyl halides is 1. The van der Waals surface area contributed by atoms with Gasteiger partial charge in [0.15, 0.2) is 0 Å². The zero-order chi connectivity index (χ0) is 12.6. The summed E-state index contributed by atoms with van der Waals surface area (Å²) < 4.78 is 0. The van der Waals surface area contributed by atoms with Crippen LogP contribution in [0.4, 0.5) is 0 Å². The van der Waals surface area contributed by atoms with Crippen LogP contribution in [0.3, 0.4) is 0 Å². The zero-order valence-electron chi connectivity index (χ0n) is 10.4. The fourth-order valence-electron chi connectivity index (χ4n) is 2.64. The lowest BCUT2D eigenvalue weighted by Gasteiger charge is -2.51. The summed E-state index contributed by atoms with van der Waals surface area (Å²) >= 11 is 5.47. The third-order valence-electron chi connectivity index (χ3n) is 3.13. The molecule has 0 radical (unpaired) electrons. The van der Waals surface area contributed by atoms with Crippen LogP contribution >= 0.6 is 11.6 Å². The van der Waals surface area contributed by atoms with Crippen LogP contribution in [0.2, 0.25) is 0 Å². The molecule has 16 heavy (non-hydrogen) atoms. The van der Waals surface area contributed by atoms with Crippen LogP contribution in [0.25, 0.3) is 0 Å². The van der Waals surface area contributed by atoms with Crippen LogP contribution in [-0.2, 0) is 4.79 Å². The van der Waals surface area contributed by atoms with Gasteiger partial charge in [-0.15, -0.1) is 11.6 Å². The van der Waals surface area contributed by atoms with Crippen LogP contribution in [0, 0.1) is 0 Å². The molecule has 0 aromatic carbocycles. The topological polar surface area (TPSA) is 52.6 Å². The van der Waals surface area contributed by atoms with Gasteiger partial charge in [-0.1, -0.05) is 0 Å². The molecule has 0 spiro atoms. The number of nitrogens with one attached hydrogen (secondary N) is 1. The van der Waals surface area contributed by atoms with Gasteiger partial charge in [0, 0.05) is 17.1 Å². The second kappa shape index (κ2) is 4.51. The molecule has 0 aliphatic carbocycles. The van der Waals surface area contributed by atoms with Crippen molar-refractivity contribution in [2.24, 2.45) is 0 Å². The number of nitrogens with zero attached hydrogens (tertiary/aromatic N) is 1. The Hall–Kier alpha value is -0.320. The molecule has 5 heteroatoms. The zero-order valence-corrected chi connectivity index (χ0v) is 11.1. The number of halogens is 1. The maximum Gasteiger partial charge on any atom is 0.235 e. The van der Waals surface area contributed by atoms with E-state index < -0.39 is 0 Å². The highest BCUT2D eigenvalue weighted by Crippen LogP contribution is 2.36. The van der Waals surface area contributed by atoms with Gasteiger partial charge in [0.2, 0.25) is 5.91 Å². The van der Waals surface area contributed by atoms with Crippen molar-refractivity contribution < 1.29 is 10.0 Å². The van der Waals surface area contributed by atoms with Crippen LogP contribution in [0.1, 0.15) is 40.5 Å².